The average Bonchev–Trinajstić information content (AvgIpc) is 1.90. The van der Waals surface area contributed by atoms with Gasteiger partial charge in [0.15, 0.2) is 0 Å². The van der Waals surface area contributed by atoms with Crippen molar-refractivity contribution in [2.75, 3.05) is 0 Å². The molecule has 0 aliphatic carbocycles. The molecule has 0 bridgehead atoms. The second-order valence-corrected chi connectivity index (χ2v) is 1.27. The number of nitrogens with one attached hydrogen (secondary N) is 1. The van der Waals surface area contributed by atoms with E-state index in [4.69, 9.17) is 0 Å². The Labute approximate surface area is 47.8 Å². The highest BCUT2D eigenvalue weighted by molar-refractivity contribution is 5.14. The molecule has 1 rings (SSSR count). The van der Waals surface area contributed by atoms with Crippen LogP contribution in [0.3, 0.4) is 0 Å². The maximum atomic E-state index is 2.92. The lowest BCUT2D eigenvalue weighted by molar-refractivity contribution is 1.11. The van der Waals surface area contributed by atoms with Crippen molar-refractivity contribution in [1.29, 1.82) is 0 Å². The van der Waals surface area contributed by atoms with Crippen LogP contribution in [-0.4, -0.2) is 0 Å². The smallest absolute Gasteiger partial charge is 0.000442 e. The summed E-state index contributed by atoms with van der Waals surface area (Å²) >= 11 is 0. The second kappa shape index (κ2) is 4.12. The van der Waals surface area contributed by atoms with Gasteiger partial charge in [-0.05, 0) is 12.2 Å². The minimum Gasteiger partial charge on any atom is -0.368 e. The third kappa shape index (κ3) is 2.18. The fraction of sp³-hybridized carbons (Fsp3) is 0. The van der Waals surface area contributed by atoms with Crippen LogP contribution in [0.2, 0.25) is 0 Å². The lowest BCUT2D eigenvalue weighted by Gasteiger charge is -1.79. The van der Waals surface area contributed by atoms with Gasteiger partial charge in [-0.25, -0.2) is 0 Å². The van der Waals surface area contributed by atoms with E-state index in [0.29, 0.717) is 0 Å². The highest BCUT2D eigenvalue weighted by Gasteiger charge is 1.67. The lowest BCUT2D eigenvalue weighted by Crippen LogP contribution is -1.87. The first-order chi connectivity index (χ1) is 3.50. The van der Waals surface area contributed by atoms with Crippen LogP contribution in [0.15, 0.2) is 36.7 Å². The monoisotopic (exact) mass is 113 g/mol. The Bertz CT molecular complexity index is 110. The van der Waals surface area contributed by atoms with Crippen molar-refractivity contribution >= 4 is 0 Å². The fourth-order valence-corrected chi connectivity index (χ4v) is 0.406. The van der Waals surface area contributed by atoms with Gasteiger partial charge in [0.1, 0.15) is 0 Å². The van der Waals surface area contributed by atoms with Gasteiger partial charge in [0, 0.05) is 12.4 Å². The average molecular weight is 113 g/mol. The van der Waals surface area contributed by atoms with Crippen LogP contribution in [0.4, 0.5) is 4.70 Å². The summed E-state index contributed by atoms with van der Waals surface area (Å²) < 4.78 is 0. The third-order valence-corrected chi connectivity index (χ3v) is 0.718. The predicted molar refractivity (Wildman–Crippen MR) is 33.1 cm³/mol. The normalized spacial score (nSPS) is 14.0. The van der Waals surface area contributed by atoms with E-state index in [9.17, 15) is 0 Å². The zero-order chi connectivity index (χ0) is 4.95. The molecule has 0 aromatic heterocycles. The molecule has 0 amide bonds. The van der Waals surface area contributed by atoms with Gasteiger partial charge in [0.25, 0.3) is 0 Å². The van der Waals surface area contributed by atoms with Crippen molar-refractivity contribution in [2.45, 2.75) is 0 Å². The van der Waals surface area contributed by atoms with Crippen LogP contribution in [0, 0.1) is 0 Å². The van der Waals surface area contributed by atoms with Gasteiger partial charge in [-0.3, -0.25) is 4.70 Å². The van der Waals surface area contributed by atoms with Crippen molar-refractivity contribution in [2.24, 2.45) is 0 Å². The molecule has 2 heteroatoms. The van der Waals surface area contributed by atoms with Gasteiger partial charge >= 0.3 is 0 Å². The number of rotatable bonds is 0. The minimum absolute atomic E-state index is 0. The van der Waals surface area contributed by atoms with E-state index in [0.717, 1.165) is 0 Å². The van der Waals surface area contributed by atoms with Gasteiger partial charge < -0.3 is 5.32 Å². The first kappa shape index (κ1) is 6.95. The summed E-state index contributed by atoms with van der Waals surface area (Å²) in [4.78, 5) is 0. The quantitative estimate of drug-likeness (QED) is 0.499. The molecule has 0 fully saturated rings. The van der Waals surface area contributed by atoms with Gasteiger partial charge in [-0.1, -0.05) is 12.2 Å². The van der Waals surface area contributed by atoms with Gasteiger partial charge in [0.05, 0.1) is 0 Å². The molecule has 8 heavy (non-hydrogen) atoms. The Kier molecular flexibility index (Phi) is 3.58. The Morgan fingerprint density at radius 1 is 0.750 bits per heavy atom. The van der Waals surface area contributed by atoms with E-state index in [1.54, 1.807) is 0 Å². The number of allylic oxidation sites excluding steroid dienone is 4. The number of hydrogen-bond donors (Lipinski definition) is 1. The van der Waals surface area contributed by atoms with E-state index >= 15 is 0 Å². The molecule has 0 unspecified atom stereocenters. The summed E-state index contributed by atoms with van der Waals surface area (Å²) in [7, 11) is 0. The van der Waals surface area contributed by atoms with Gasteiger partial charge in [-0.15, -0.1) is 0 Å². The molecule has 0 aromatic carbocycles. The molecule has 1 N–H and O–H groups in total. The summed E-state index contributed by atoms with van der Waals surface area (Å²) in [6, 6.07) is 0. The summed E-state index contributed by atoms with van der Waals surface area (Å²) in [5, 5.41) is 2.92. The maximum Gasteiger partial charge on any atom is 0.000442 e. The Balaban J connectivity index is 0.000000490. The fourth-order valence-electron chi connectivity index (χ4n) is 0.406. The van der Waals surface area contributed by atoms with Crippen LogP contribution in [0.5, 0.6) is 0 Å². The standard InChI is InChI=1S/C6H7N.FH/c1-2-4-6-7-5-3-1;/h1-7H;1H. The maximum absolute atomic E-state index is 2.92. The second-order valence-electron chi connectivity index (χ2n) is 1.27. The third-order valence-electron chi connectivity index (χ3n) is 0.718. The van der Waals surface area contributed by atoms with Crippen LogP contribution >= 0.6 is 0 Å². The van der Waals surface area contributed by atoms with Crippen LogP contribution in [0.1, 0.15) is 0 Å². The Morgan fingerprint density at radius 3 is 1.75 bits per heavy atom. The number of halogens is 1. The SMILES string of the molecule is C1=CC=CNC=C1.F. The highest BCUT2D eigenvalue weighted by Crippen LogP contribution is 1.81. The minimum atomic E-state index is 0. The molecule has 1 aliphatic heterocycles. The predicted octanol–water partition coefficient (Wildman–Crippen LogP) is 1.33. The van der Waals surface area contributed by atoms with E-state index < -0.39 is 0 Å². The summed E-state index contributed by atoms with van der Waals surface area (Å²) in [6.07, 6.45) is 11.6. The molecular formula is C6H8FN. The zero-order valence-corrected chi connectivity index (χ0v) is 4.37. The lowest BCUT2D eigenvalue weighted by atomic mass is 10.5. The topological polar surface area (TPSA) is 12.0 Å². The first-order valence-electron chi connectivity index (χ1n) is 2.24. The molecule has 0 saturated carbocycles. The molecular weight excluding hydrogens is 105 g/mol. The van der Waals surface area contributed by atoms with Crippen molar-refractivity contribution in [3.05, 3.63) is 36.7 Å². The van der Waals surface area contributed by atoms with Gasteiger partial charge in [0.2, 0.25) is 0 Å². The van der Waals surface area contributed by atoms with Crippen LogP contribution in [-0.2, 0) is 0 Å². The van der Waals surface area contributed by atoms with E-state index in [1.807, 2.05) is 36.7 Å². The zero-order valence-electron chi connectivity index (χ0n) is 4.37. The van der Waals surface area contributed by atoms with Crippen molar-refractivity contribution < 1.29 is 4.70 Å². The molecule has 0 spiro atoms. The van der Waals surface area contributed by atoms with E-state index in [1.165, 1.54) is 0 Å². The molecule has 44 valence electrons. The summed E-state index contributed by atoms with van der Waals surface area (Å²) in [5.41, 5.74) is 0. The van der Waals surface area contributed by atoms with Crippen LogP contribution < -0.4 is 5.32 Å². The molecule has 0 radical (unpaired) electrons. The van der Waals surface area contributed by atoms with E-state index in [2.05, 4.69) is 5.32 Å². The Hall–Kier alpha value is -1.05. The first-order valence-corrected chi connectivity index (χ1v) is 2.24. The molecule has 0 aromatic rings. The summed E-state index contributed by atoms with van der Waals surface area (Å²) in [5.74, 6) is 0. The molecule has 1 aliphatic rings. The Morgan fingerprint density at radius 2 is 1.25 bits per heavy atom. The highest BCUT2D eigenvalue weighted by atomic mass is 19.0. The largest absolute Gasteiger partial charge is 0.368 e. The molecule has 1 nitrogen and oxygen atoms in total. The number of hydrogen-bond acceptors (Lipinski definition) is 1. The van der Waals surface area contributed by atoms with Crippen LogP contribution in [0.25, 0.3) is 0 Å². The van der Waals surface area contributed by atoms with Crippen molar-refractivity contribution in [3.63, 3.8) is 0 Å². The molecule has 1 heterocycles. The van der Waals surface area contributed by atoms with Crippen molar-refractivity contribution in [3.8, 4) is 0 Å². The molecule has 0 atom stereocenters. The summed E-state index contributed by atoms with van der Waals surface area (Å²) in [6.45, 7) is 0. The van der Waals surface area contributed by atoms with Gasteiger partial charge in [-0.2, -0.15) is 0 Å². The van der Waals surface area contributed by atoms with E-state index in [-0.39, 0.29) is 4.70 Å². The van der Waals surface area contributed by atoms with Crippen molar-refractivity contribution in [1.82, 2.24) is 5.32 Å². The molecule has 0 saturated heterocycles.